The third kappa shape index (κ3) is 3.46. The van der Waals surface area contributed by atoms with Gasteiger partial charge in [0.25, 0.3) is 0 Å². The highest BCUT2D eigenvalue weighted by atomic mass is 16.8. The Labute approximate surface area is 264 Å². The number of aliphatic hydroxyl groups excluding tert-OH is 2. The molecule has 0 aromatic heterocycles. The third-order valence-electron chi connectivity index (χ3n) is 12.7. The van der Waals surface area contributed by atoms with Crippen molar-refractivity contribution in [2.75, 3.05) is 6.61 Å². The molecule has 2 saturated heterocycles. The van der Waals surface area contributed by atoms with E-state index < -0.39 is 75.6 Å². The Morgan fingerprint density at radius 1 is 1.27 bits per heavy atom. The number of hydrogen-bond donors (Lipinski definition) is 3. The molecule has 7 rings (SSSR count). The summed E-state index contributed by atoms with van der Waals surface area (Å²) in [6.45, 7) is 11.4. The standard InChI is InChI=1S/C37H42O8/c1-7-9-13-23(8-2)31(40)43-29-22(6)34-18-35(24-14-11-10-12-15-24)44-30(37(29,45-35)20(3)4)27(34)25-17-33(25,19-38)32(41)36(42)26(34)16-21(5)28(36)39/h2,7,9-15,21-22,25-27,29-30,32,38,41-42H,3,16-19H2,1,4-6H3/b9-7-,23-13+/t21?,22-,25+,26?,27?,29-,30-,32-,33-,34-,35?,36-,37+/m1/s1. The zero-order valence-electron chi connectivity index (χ0n) is 26.2. The van der Waals surface area contributed by atoms with Crippen molar-refractivity contribution < 1.29 is 39.1 Å². The van der Waals surface area contributed by atoms with E-state index >= 15 is 0 Å². The number of Topliss-reactive ketones (excluding diaryl/α,β-unsaturated/α-hetero) is 1. The molecule has 2 aliphatic heterocycles. The van der Waals surface area contributed by atoms with Crippen molar-refractivity contribution in [2.24, 2.45) is 40.4 Å². The molecule has 0 radical (unpaired) electrons. The normalized spacial score (nSPS) is 49.1. The number of rotatable bonds is 6. The minimum Gasteiger partial charge on any atom is -0.454 e. The van der Waals surface area contributed by atoms with E-state index in [9.17, 15) is 24.9 Å². The molecule has 4 aliphatic carbocycles. The Bertz CT molecular complexity index is 1570. The summed E-state index contributed by atoms with van der Waals surface area (Å²) < 4.78 is 20.7. The maximum absolute atomic E-state index is 14.0. The van der Waals surface area contributed by atoms with Gasteiger partial charge in [-0.15, -0.1) is 6.42 Å². The number of ketones is 1. The minimum absolute atomic E-state index is 0.0383. The van der Waals surface area contributed by atoms with Crippen molar-refractivity contribution in [1.29, 1.82) is 0 Å². The summed E-state index contributed by atoms with van der Waals surface area (Å²) >= 11 is 0. The Kier molecular flexibility index (Phi) is 6.61. The van der Waals surface area contributed by atoms with Crippen LogP contribution in [0.15, 0.2) is 66.3 Å². The second-order valence-electron chi connectivity index (χ2n) is 14.5. The first-order valence-corrected chi connectivity index (χ1v) is 16.0. The van der Waals surface area contributed by atoms with Gasteiger partial charge in [0.05, 0.1) is 12.7 Å². The first kappa shape index (κ1) is 30.6. The van der Waals surface area contributed by atoms with Crippen LogP contribution in [0.1, 0.15) is 52.5 Å². The van der Waals surface area contributed by atoms with Gasteiger partial charge in [-0.2, -0.15) is 0 Å². The molecule has 3 bridgehead atoms. The second kappa shape index (κ2) is 9.73. The molecule has 8 nitrogen and oxygen atoms in total. The molecule has 45 heavy (non-hydrogen) atoms. The van der Waals surface area contributed by atoms with Gasteiger partial charge in [0.2, 0.25) is 0 Å². The van der Waals surface area contributed by atoms with Crippen LogP contribution >= 0.6 is 0 Å². The van der Waals surface area contributed by atoms with Crippen LogP contribution in [0.5, 0.6) is 0 Å². The number of allylic oxidation sites excluding steroid dienone is 3. The average molecular weight is 615 g/mol. The molecule has 0 spiro atoms. The molecule has 2 heterocycles. The Balaban J connectivity index is 1.50. The number of hydrogen-bond acceptors (Lipinski definition) is 8. The summed E-state index contributed by atoms with van der Waals surface area (Å²) in [6.07, 6.45) is 8.58. The van der Waals surface area contributed by atoms with Gasteiger partial charge in [0.15, 0.2) is 22.8 Å². The van der Waals surface area contributed by atoms with Gasteiger partial charge in [-0.1, -0.05) is 68.8 Å². The molecule has 3 N–H and O–H groups in total. The minimum atomic E-state index is -2.11. The van der Waals surface area contributed by atoms with Crippen molar-refractivity contribution in [3.05, 3.63) is 71.8 Å². The molecule has 1 aromatic rings. The summed E-state index contributed by atoms with van der Waals surface area (Å²) in [7, 11) is 0. The summed E-state index contributed by atoms with van der Waals surface area (Å²) in [5, 5.41) is 35.4. The number of terminal acetylenes is 1. The number of ether oxygens (including phenoxy) is 3. The highest BCUT2D eigenvalue weighted by Crippen LogP contribution is 2.81. The lowest BCUT2D eigenvalue weighted by Gasteiger charge is -2.63. The van der Waals surface area contributed by atoms with E-state index in [1.54, 1.807) is 19.1 Å². The summed E-state index contributed by atoms with van der Waals surface area (Å²) in [5.41, 5.74) is -4.00. The second-order valence-corrected chi connectivity index (χ2v) is 14.5. The predicted molar refractivity (Wildman–Crippen MR) is 164 cm³/mol. The lowest BCUT2D eigenvalue weighted by molar-refractivity contribution is -0.279. The van der Waals surface area contributed by atoms with Gasteiger partial charge in [-0.3, -0.25) is 4.79 Å². The van der Waals surface area contributed by atoms with Crippen molar-refractivity contribution in [3.8, 4) is 12.3 Å². The average Bonchev–Trinajstić information content (AvgIpc) is 3.65. The van der Waals surface area contributed by atoms with E-state index in [1.165, 1.54) is 6.08 Å². The fourth-order valence-corrected chi connectivity index (χ4v) is 10.7. The van der Waals surface area contributed by atoms with Crippen LogP contribution in [0.4, 0.5) is 0 Å². The summed E-state index contributed by atoms with van der Waals surface area (Å²) in [6, 6.07) is 9.58. The van der Waals surface area contributed by atoms with Crippen LogP contribution in [-0.4, -0.2) is 63.2 Å². The number of carbonyl (C=O) groups is 2. The lowest BCUT2D eigenvalue weighted by Crippen LogP contribution is -2.71. The highest BCUT2D eigenvalue weighted by molar-refractivity contribution is 5.94. The Morgan fingerprint density at radius 2 is 1.98 bits per heavy atom. The number of carbonyl (C=O) groups excluding carboxylic acids is 2. The van der Waals surface area contributed by atoms with Crippen LogP contribution in [0.25, 0.3) is 0 Å². The summed E-state index contributed by atoms with van der Waals surface area (Å²) in [4.78, 5) is 27.8. The van der Waals surface area contributed by atoms with Crippen LogP contribution in [0.2, 0.25) is 0 Å². The first-order chi connectivity index (χ1) is 21.4. The Hall–Kier alpha value is -3.06. The van der Waals surface area contributed by atoms with E-state index in [0.29, 0.717) is 18.4 Å². The van der Waals surface area contributed by atoms with Crippen molar-refractivity contribution in [1.82, 2.24) is 0 Å². The molecular formula is C37H42O8. The topological polar surface area (TPSA) is 123 Å². The van der Waals surface area contributed by atoms with Crippen LogP contribution < -0.4 is 0 Å². The monoisotopic (exact) mass is 614 g/mol. The van der Waals surface area contributed by atoms with Crippen molar-refractivity contribution in [2.45, 2.75) is 82.3 Å². The smallest absolute Gasteiger partial charge is 0.347 e. The van der Waals surface area contributed by atoms with Gasteiger partial charge in [-0.25, -0.2) is 4.79 Å². The van der Waals surface area contributed by atoms with Gasteiger partial charge in [0, 0.05) is 35.2 Å². The molecular weight excluding hydrogens is 572 g/mol. The lowest BCUT2D eigenvalue weighted by atomic mass is 9.44. The molecule has 8 heteroatoms. The maximum atomic E-state index is 14.0. The zero-order chi connectivity index (χ0) is 32.3. The van der Waals surface area contributed by atoms with Crippen molar-refractivity contribution in [3.63, 3.8) is 0 Å². The largest absolute Gasteiger partial charge is 0.454 e. The van der Waals surface area contributed by atoms with Crippen LogP contribution in [-0.2, 0) is 29.6 Å². The van der Waals surface area contributed by atoms with E-state index in [2.05, 4.69) is 12.5 Å². The number of benzene rings is 1. The highest BCUT2D eigenvalue weighted by Gasteiger charge is 2.88. The molecule has 13 atom stereocenters. The first-order valence-electron chi connectivity index (χ1n) is 16.0. The zero-order valence-corrected chi connectivity index (χ0v) is 26.2. The summed E-state index contributed by atoms with van der Waals surface area (Å²) in [5.74, 6) is -2.33. The van der Waals surface area contributed by atoms with Gasteiger partial charge >= 0.3 is 5.97 Å². The van der Waals surface area contributed by atoms with E-state index in [-0.39, 0.29) is 30.4 Å². The predicted octanol–water partition coefficient (Wildman–Crippen LogP) is 3.60. The number of aliphatic hydroxyl groups is 3. The Morgan fingerprint density at radius 3 is 2.60 bits per heavy atom. The molecule has 0 amide bonds. The maximum Gasteiger partial charge on any atom is 0.347 e. The van der Waals surface area contributed by atoms with Crippen LogP contribution in [0, 0.1) is 52.8 Å². The number of fused-ring (bicyclic) bond motifs is 3. The van der Waals surface area contributed by atoms with E-state index in [0.717, 1.165) is 5.56 Å². The fourth-order valence-electron chi connectivity index (χ4n) is 10.7. The van der Waals surface area contributed by atoms with Crippen LogP contribution in [0.3, 0.4) is 0 Å². The molecule has 4 saturated carbocycles. The molecule has 1 aromatic carbocycles. The quantitative estimate of drug-likeness (QED) is 0.146. The van der Waals surface area contributed by atoms with Gasteiger partial charge < -0.3 is 29.5 Å². The van der Waals surface area contributed by atoms with E-state index in [4.69, 9.17) is 20.6 Å². The molecule has 6 aliphatic rings. The molecule has 4 unspecified atom stereocenters. The van der Waals surface area contributed by atoms with Gasteiger partial charge in [0.1, 0.15) is 17.8 Å². The molecule has 6 fully saturated rings. The van der Waals surface area contributed by atoms with Gasteiger partial charge in [-0.05, 0) is 55.6 Å². The fraction of sp³-hybridized carbons (Fsp3) is 0.568. The van der Waals surface area contributed by atoms with Crippen molar-refractivity contribution >= 4 is 11.8 Å². The SMILES string of the molecule is C#C/C(=C\C=C/C)C(=O)O[C@@H]1[C@@H](C)[C@@]23CC4(c5ccccc5)O[C@H](C2[C@@H]2C[C@]2(CO)[C@@H](O)[C@]2(O)C(=O)C(C)CC32)[C@@]1(C(=C)C)O4. The third-order valence-corrected chi connectivity index (χ3v) is 12.7. The number of esters is 1. The molecule has 238 valence electrons. The van der Waals surface area contributed by atoms with E-state index in [1.807, 2.05) is 51.1 Å².